The number of carbonyl (C=O) groups excluding carboxylic acids is 1. The van der Waals surface area contributed by atoms with E-state index in [4.69, 9.17) is 16.0 Å². The summed E-state index contributed by atoms with van der Waals surface area (Å²) in [4.78, 5) is 11.6. The predicted octanol–water partition coefficient (Wildman–Crippen LogP) is 1.64. The molecule has 1 aromatic heterocycles. The van der Waals surface area contributed by atoms with E-state index >= 15 is 0 Å². The van der Waals surface area contributed by atoms with Crippen LogP contribution < -0.4 is 10.0 Å². The molecule has 0 radical (unpaired) electrons. The predicted molar refractivity (Wildman–Crippen MR) is 77.7 cm³/mol. The van der Waals surface area contributed by atoms with Crippen molar-refractivity contribution in [2.24, 2.45) is 0 Å². The van der Waals surface area contributed by atoms with Crippen molar-refractivity contribution in [1.29, 1.82) is 0 Å². The quantitative estimate of drug-likeness (QED) is 0.789. The molecule has 0 atom stereocenters. The van der Waals surface area contributed by atoms with Crippen molar-refractivity contribution in [3.05, 3.63) is 53.4 Å². The first kappa shape index (κ1) is 15.6. The first-order chi connectivity index (χ1) is 10.0. The van der Waals surface area contributed by atoms with E-state index in [1.807, 2.05) is 0 Å². The standard InChI is InChI=1S/C13H13ClN2O4S/c14-10-4-1-2-6-12(10)21(18,19)16-8-7-15-13(17)11-5-3-9-20-11/h1-6,9,16H,7-8H2,(H,15,17). The zero-order valence-corrected chi connectivity index (χ0v) is 12.4. The highest BCUT2D eigenvalue weighted by Gasteiger charge is 2.16. The molecule has 0 aliphatic heterocycles. The maximum absolute atomic E-state index is 12.0. The lowest BCUT2D eigenvalue weighted by Crippen LogP contribution is -2.34. The molecule has 112 valence electrons. The van der Waals surface area contributed by atoms with Gasteiger partial charge in [0, 0.05) is 13.1 Å². The summed E-state index contributed by atoms with van der Waals surface area (Å²) in [7, 11) is -3.70. The van der Waals surface area contributed by atoms with Crippen molar-refractivity contribution < 1.29 is 17.6 Å². The molecule has 1 amide bonds. The van der Waals surface area contributed by atoms with Gasteiger partial charge in [-0.25, -0.2) is 13.1 Å². The van der Waals surface area contributed by atoms with E-state index in [2.05, 4.69) is 10.0 Å². The molecule has 0 saturated heterocycles. The van der Waals surface area contributed by atoms with Crippen molar-refractivity contribution in [1.82, 2.24) is 10.0 Å². The SMILES string of the molecule is O=C(NCCNS(=O)(=O)c1ccccc1Cl)c1ccco1. The second kappa shape index (κ2) is 6.75. The van der Waals surface area contributed by atoms with E-state index in [1.54, 1.807) is 18.2 Å². The lowest BCUT2D eigenvalue weighted by molar-refractivity contribution is 0.0926. The van der Waals surface area contributed by atoms with Gasteiger partial charge in [-0.3, -0.25) is 4.79 Å². The molecule has 0 spiro atoms. The highest BCUT2D eigenvalue weighted by Crippen LogP contribution is 2.19. The van der Waals surface area contributed by atoms with Gasteiger partial charge in [-0.1, -0.05) is 23.7 Å². The average Bonchev–Trinajstić information content (AvgIpc) is 2.98. The van der Waals surface area contributed by atoms with Crippen molar-refractivity contribution >= 4 is 27.5 Å². The zero-order chi connectivity index (χ0) is 15.3. The van der Waals surface area contributed by atoms with Gasteiger partial charge >= 0.3 is 0 Å². The highest BCUT2D eigenvalue weighted by atomic mass is 35.5. The van der Waals surface area contributed by atoms with Crippen LogP contribution in [0.25, 0.3) is 0 Å². The van der Waals surface area contributed by atoms with Crippen LogP contribution in [0.3, 0.4) is 0 Å². The van der Waals surface area contributed by atoms with Crippen LogP contribution in [0.2, 0.25) is 5.02 Å². The number of amides is 1. The van der Waals surface area contributed by atoms with E-state index in [0.29, 0.717) is 0 Å². The molecule has 8 heteroatoms. The molecule has 6 nitrogen and oxygen atoms in total. The molecule has 2 N–H and O–H groups in total. The van der Waals surface area contributed by atoms with Crippen molar-refractivity contribution in [3.63, 3.8) is 0 Å². The minimum Gasteiger partial charge on any atom is -0.459 e. The summed E-state index contributed by atoms with van der Waals surface area (Å²) in [6.07, 6.45) is 1.38. The number of sulfonamides is 1. The van der Waals surface area contributed by atoms with Crippen LogP contribution in [-0.2, 0) is 10.0 Å². The summed E-state index contributed by atoms with van der Waals surface area (Å²) in [5.74, 6) is -0.235. The molecule has 0 saturated carbocycles. The van der Waals surface area contributed by atoms with E-state index < -0.39 is 15.9 Å². The Morgan fingerprint density at radius 2 is 1.90 bits per heavy atom. The van der Waals surface area contributed by atoms with E-state index in [0.717, 1.165) is 0 Å². The van der Waals surface area contributed by atoms with E-state index in [1.165, 1.54) is 24.5 Å². The highest BCUT2D eigenvalue weighted by molar-refractivity contribution is 7.89. The third-order valence-electron chi connectivity index (χ3n) is 2.57. The fourth-order valence-corrected chi connectivity index (χ4v) is 3.15. The molecule has 1 heterocycles. The third-order valence-corrected chi connectivity index (χ3v) is 4.53. The molecule has 0 bridgehead atoms. The first-order valence-electron chi connectivity index (χ1n) is 6.06. The first-order valence-corrected chi connectivity index (χ1v) is 7.93. The van der Waals surface area contributed by atoms with Crippen LogP contribution in [0, 0.1) is 0 Å². The number of carbonyl (C=O) groups is 1. The second-order valence-electron chi connectivity index (χ2n) is 4.06. The molecule has 1 aromatic carbocycles. The number of hydrogen-bond donors (Lipinski definition) is 2. The zero-order valence-electron chi connectivity index (χ0n) is 10.9. The molecule has 0 aliphatic rings. The maximum Gasteiger partial charge on any atom is 0.287 e. The summed E-state index contributed by atoms with van der Waals surface area (Å²) in [6.45, 7) is 0.170. The van der Waals surface area contributed by atoms with Gasteiger partial charge in [0.05, 0.1) is 11.3 Å². The lowest BCUT2D eigenvalue weighted by Gasteiger charge is -2.08. The van der Waals surface area contributed by atoms with Crippen molar-refractivity contribution in [2.45, 2.75) is 4.90 Å². The van der Waals surface area contributed by atoms with Gasteiger partial charge in [-0.15, -0.1) is 0 Å². The summed E-state index contributed by atoms with van der Waals surface area (Å²) in [6, 6.07) is 9.24. The molecule has 0 aliphatic carbocycles. The van der Waals surface area contributed by atoms with Crippen LogP contribution in [-0.4, -0.2) is 27.4 Å². The second-order valence-corrected chi connectivity index (χ2v) is 6.20. The fourth-order valence-electron chi connectivity index (χ4n) is 1.60. The van der Waals surface area contributed by atoms with Gasteiger partial charge in [-0.2, -0.15) is 0 Å². The molecule has 0 unspecified atom stereocenters. The van der Waals surface area contributed by atoms with Crippen LogP contribution in [0.5, 0.6) is 0 Å². The molecular weight excluding hydrogens is 316 g/mol. The maximum atomic E-state index is 12.0. The lowest BCUT2D eigenvalue weighted by atomic mass is 10.4. The van der Waals surface area contributed by atoms with Crippen molar-refractivity contribution in [3.8, 4) is 0 Å². The van der Waals surface area contributed by atoms with Gasteiger partial charge in [0.25, 0.3) is 5.91 Å². The summed E-state index contributed by atoms with van der Waals surface area (Å²) in [5.41, 5.74) is 0. The van der Waals surface area contributed by atoms with Gasteiger partial charge < -0.3 is 9.73 Å². The number of halogens is 1. The number of rotatable bonds is 6. The van der Waals surface area contributed by atoms with Gasteiger partial charge in [0.2, 0.25) is 10.0 Å². The average molecular weight is 329 g/mol. The smallest absolute Gasteiger partial charge is 0.287 e. The Labute approximate surface area is 127 Å². The van der Waals surface area contributed by atoms with E-state index in [9.17, 15) is 13.2 Å². The minimum absolute atomic E-state index is 0.00373. The Morgan fingerprint density at radius 1 is 1.14 bits per heavy atom. The number of furan rings is 1. The van der Waals surface area contributed by atoms with Crippen LogP contribution in [0.15, 0.2) is 52.0 Å². The topological polar surface area (TPSA) is 88.4 Å². The summed E-state index contributed by atoms with van der Waals surface area (Å²) in [5, 5.41) is 2.67. The van der Waals surface area contributed by atoms with Crippen LogP contribution >= 0.6 is 11.6 Å². The van der Waals surface area contributed by atoms with Crippen LogP contribution in [0.4, 0.5) is 0 Å². The molecule has 2 rings (SSSR count). The molecular formula is C13H13ClN2O4S. The molecule has 2 aromatic rings. The Hall–Kier alpha value is -1.83. The third kappa shape index (κ3) is 4.07. The summed E-state index contributed by atoms with van der Waals surface area (Å²) >= 11 is 5.84. The minimum atomic E-state index is -3.70. The van der Waals surface area contributed by atoms with Gasteiger partial charge in [0.15, 0.2) is 5.76 Å². The largest absolute Gasteiger partial charge is 0.459 e. The number of hydrogen-bond acceptors (Lipinski definition) is 4. The molecule has 0 fully saturated rings. The monoisotopic (exact) mass is 328 g/mol. The van der Waals surface area contributed by atoms with E-state index in [-0.39, 0.29) is 28.8 Å². The van der Waals surface area contributed by atoms with Crippen molar-refractivity contribution in [2.75, 3.05) is 13.1 Å². The normalized spacial score (nSPS) is 11.3. The Balaban J connectivity index is 1.86. The Morgan fingerprint density at radius 3 is 2.57 bits per heavy atom. The van der Waals surface area contributed by atoms with Gasteiger partial charge in [-0.05, 0) is 24.3 Å². The number of benzene rings is 1. The Bertz CT molecular complexity index is 714. The fraction of sp³-hybridized carbons (Fsp3) is 0.154. The van der Waals surface area contributed by atoms with Gasteiger partial charge in [0.1, 0.15) is 4.90 Å². The number of nitrogens with one attached hydrogen (secondary N) is 2. The molecule has 21 heavy (non-hydrogen) atoms. The summed E-state index contributed by atoms with van der Waals surface area (Å²) < 4.78 is 31.3. The Kier molecular flexibility index (Phi) is 5.00. The van der Waals surface area contributed by atoms with Crippen LogP contribution in [0.1, 0.15) is 10.6 Å².